The van der Waals surface area contributed by atoms with Gasteiger partial charge in [0.05, 0.1) is 18.1 Å². The van der Waals surface area contributed by atoms with Crippen LogP contribution in [0.4, 0.5) is 11.4 Å². The van der Waals surface area contributed by atoms with Gasteiger partial charge >= 0.3 is 0 Å². The number of anilines is 1. The van der Waals surface area contributed by atoms with Crippen molar-refractivity contribution in [1.29, 1.82) is 0 Å². The Morgan fingerprint density at radius 1 is 1.35 bits per heavy atom. The van der Waals surface area contributed by atoms with E-state index in [1.54, 1.807) is 6.07 Å². The lowest BCUT2D eigenvalue weighted by Gasteiger charge is -2.05. The number of hydrogen-bond donors (Lipinski definition) is 1. The van der Waals surface area contributed by atoms with Crippen molar-refractivity contribution in [3.8, 4) is 0 Å². The molecule has 1 aromatic carbocycles. The van der Waals surface area contributed by atoms with Gasteiger partial charge in [-0.25, -0.2) is 0 Å². The fourth-order valence-corrected chi connectivity index (χ4v) is 4.42. The number of amides is 1. The number of benzene rings is 1. The largest absolute Gasteiger partial charge is 0.316 e. The highest BCUT2D eigenvalue weighted by atomic mass is 79.9. The summed E-state index contributed by atoms with van der Waals surface area (Å²) in [4.78, 5) is 22.5. The van der Waals surface area contributed by atoms with Gasteiger partial charge in [-0.05, 0) is 50.1 Å². The average molecular weight is 440 g/mol. The number of nitro groups is 1. The van der Waals surface area contributed by atoms with E-state index in [9.17, 15) is 14.9 Å². The maximum atomic E-state index is 12.1. The molecular formula is C11H5Br2ClN2O3S. The van der Waals surface area contributed by atoms with Crippen LogP contribution < -0.4 is 5.32 Å². The number of nitrogens with one attached hydrogen (secondary N) is 1. The third-order valence-electron chi connectivity index (χ3n) is 2.30. The molecule has 9 heteroatoms. The fraction of sp³-hybridized carbons (Fsp3) is 0. The van der Waals surface area contributed by atoms with E-state index >= 15 is 0 Å². The molecule has 2 rings (SSSR count). The molecule has 0 saturated carbocycles. The molecule has 2 aromatic rings. The summed E-state index contributed by atoms with van der Waals surface area (Å²) in [6.45, 7) is 0. The summed E-state index contributed by atoms with van der Waals surface area (Å²) >= 11 is 13.7. The Kier molecular flexibility index (Phi) is 4.79. The summed E-state index contributed by atoms with van der Waals surface area (Å²) < 4.78 is 1.40. The zero-order valence-electron chi connectivity index (χ0n) is 9.52. The molecule has 20 heavy (non-hydrogen) atoms. The van der Waals surface area contributed by atoms with Gasteiger partial charge < -0.3 is 5.32 Å². The third-order valence-corrected chi connectivity index (χ3v) is 4.88. The highest BCUT2D eigenvalue weighted by Crippen LogP contribution is 2.33. The van der Waals surface area contributed by atoms with Gasteiger partial charge in [-0.2, -0.15) is 0 Å². The van der Waals surface area contributed by atoms with Crippen LogP contribution in [0, 0.1) is 10.1 Å². The number of rotatable bonds is 3. The first-order valence-electron chi connectivity index (χ1n) is 5.08. The molecule has 0 saturated heterocycles. The lowest BCUT2D eigenvalue weighted by atomic mass is 10.2. The highest BCUT2D eigenvalue weighted by molar-refractivity contribution is 9.12. The van der Waals surface area contributed by atoms with Gasteiger partial charge in [0.1, 0.15) is 5.69 Å². The molecule has 0 aliphatic heterocycles. The van der Waals surface area contributed by atoms with Crippen LogP contribution in [-0.4, -0.2) is 10.8 Å². The Labute approximate surface area is 139 Å². The number of carbonyl (C=O) groups excluding carboxylic acids is 1. The second-order valence-corrected chi connectivity index (χ2v) is 7.80. The van der Waals surface area contributed by atoms with Crippen molar-refractivity contribution in [3.63, 3.8) is 0 Å². The third kappa shape index (κ3) is 3.38. The van der Waals surface area contributed by atoms with Gasteiger partial charge in [0, 0.05) is 11.1 Å². The summed E-state index contributed by atoms with van der Waals surface area (Å²) in [5.41, 5.74) is 0.228. The summed E-state index contributed by atoms with van der Waals surface area (Å²) in [5, 5.41) is 13.7. The molecular weight excluding hydrogens is 435 g/mol. The van der Waals surface area contributed by atoms with Gasteiger partial charge in [0.15, 0.2) is 0 Å². The van der Waals surface area contributed by atoms with Crippen molar-refractivity contribution in [1.82, 2.24) is 0 Å². The summed E-state index contributed by atoms with van der Waals surface area (Å²) in [7, 11) is 0. The minimum Gasteiger partial charge on any atom is -0.316 e. The van der Waals surface area contributed by atoms with Crippen LogP contribution in [0.5, 0.6) is 0 Å². The molecule has 0 unspecified atom stereocenters. The highest BCUT2D eigenvalue weighted by Gasteiger charge is 2.19. The Morgan fingerprint density at radius 3 is 2.60 bits per heavy atom. The molecule has 0 atom stereocenters. The Morgan fingerprint density at radius 2 is 2.05 bits per heavy atom. The minimum absolute atomic E-state index is 0.0572. The predicted octanol–water partition coefficient (Wildman–Crippen LogP) is 5.09. The molecule has 104 valence electrons. The Bertz CT molecular complexity index is 705. The summed E-state index contributed by atoms with van der Waals surface area (Å²) in [6, 6.07) is 5.61. The fourth-order valence-electron chi connectivity index (χ4n) is 1.45. The van der Waals surface area contributed by atoms with Gasteiger partial charge in [-0.3, -0.25) is 14.9 Å². The molecule has 0 fully saturated rings. The minimum atomic E-state index is -0.579. The van der Waals surface area contributed by atoms with Crippen LogP contribution in [0.3, 0.4) is 0 Å². The predicted molar refractivity (Wildman–Crippen MR) is 85.8 cm³/mol. The van der Waals surface area contributed by atoms with E-state index in [1.165, 1.54) is 29.5 Å². The SMILES string of the molecule is O=C(Nc1cc(Cl)ccc1[N+](=O)[O-])c1cc(Br)sc1Br. The van der Waals surface area contributed by atoms with Crippen molar-refractivity contribution < 1.29 is 9.72 Å². The first-order valence-corrected chi connectivity index (χ1v) is 7.86. The Hall–Kier alpha value is -0.960. The van der Waals surface area contributed by atoms with E-state index in [4.69, 9.17) is 11.6 Å². The maximum absolute atomic E-state index is 12.1. The smallest absolute Gasteiger partial charge is 0.292 e. The quantitative estimate of drug-likeness (QED) is 0.534. The molecule has 1 N–H and O–H groups in total. The van der Waals surface area contributed by atoms with Crippen LogP contribution in [0.2, 0.25) is 5.02 Å². The van der Waals surface area contributed by atoms with E-state index in [2.05, 4.69) is 37.2 Å². The number of hydrogen-bond acceptors (Lipinski definition) is 4. The van der Waals surface area contributed by atoms with Gasteiger partial charge in [0.25, 0.3) is 11.6 Å². The average Bonchev–Trinajstić information content (AvgIpc) is 2.68. The number of carbonyl (C=O) groups is 1. The topological polar surface area (TPSA) is 72.2 Å². The van der Waals surface area contributed by atoms with Crippen molar-refractivity contribution in [2.45, 2.75) is 0 Å². The van der Waals surface area contributed by atoms with Crippen molar-refractivity contribution >= 4 is 72.1 Å². The molecule has 0 bridgehead atoms. The number of nitrogens with zero attached hydrogens (tertiary/aromatic N) is 1. The first-order chi connectivity index (χ1) is 9.38. The van der Waals surface area contributed by atoms with E-state index < -0.39 is 10.8 Å². The second-order valence-electron chi connectivity index (χ2n) is 3.61. The molecule has 5 nitrogen and oxygen atoms in total. The van der Waals surface area contributed by atoms with Gasteiger partial charge in [0.2, 0.25) is 0 Å². The second kappa shape index (κ2) is 6.21. The van der Waals surface area contributed by atoms with E-state index in [-0.39, 0.29) is 11.4 Å². The molecule has 0 spiro atoms. The van der Waals surface area contributed by atoms with Crippen molar-refractivity contribution in [2.24, 2.45) is 0 Å². The van der Waals surface area contributed by atoms with Crippen LogP contribution in [0.1, 0.15) is 10.4 Å². The number of nitro benzene ring substituents is 1. The van der Waals surface area contributed by atoms with Crippen LogP contribution in [0.15, 0.2) is 31.8 Å². The summed E-state index contributed by atoms with van der Waals surface area (Å²) in [6.07, 6.45) is 0. The van der Waals surface area contributed by atoms with Crippen molar-refractivity contribution in [2.75, 3.05) is 5.32 Å². The van der Waals surface area contributed by atoms with E-state index in [0.717, 1.165) is 3.79 Å². The van der Waals surface area contributed by atoms with Crippen LogP contribution >= 0.6 is 54.8 Å². The number of thiophene rings is 1. The maximum Gasteiger partial charge on any atom is 0.292 e. The van der Waals surface area contributed by atoms with E-state index in [1.807, 2.05) is 0 Å². The molecule has 0 aliphatic carbocycles. The zero-order valence-corrected chi connectivity index (χ0v) is 14.3. The first kappa shape index (κ1) is 15.4. The molecule has 1 heterocycles. The molecule has 1 amide bonds. The zero-order chi connectivity index (χ0) is 14.9. The van der Waals surface area contributed by atoms with Crippen LogP contribution in [-0.2, 0) is 0 Å². The van der Waals surface area contributed by atoms with Gasteiger partial charge in [-0.1, -0.05) is 11.6 Å². The monoisotopic (exact) mass is 438 g/mol. The lowest BCUT2D eigenvalue weighted by molar-refractivity contribution is -0.383. The molecule has 0 aliphatic rings. The van der Waals surface area contributed by atoms with Crippen molar-refractivity contribution in [3.05, 3.63) is 52.5 Å². The Balaban J connectivity index is 2.34. The normalized spacial score (nSPS) is 10.3. The number of halogens is 3. The van der Waals surface area contributed by atoms with Crippen LogP contribution in [0.25, 0.3) is 0 Å². The lowest BCUT2D eigenvalue weighted by Crippen LogP contribution is -2.12. The van der Waals surface area contributed by atoms with E-state index in [0.29, 0.717) is 14.4 Å². The molecule has 0 radical (unpaired) electrons. The summed E-state index contributed by atoms with van der Waals surface area (Å²) in [5.74, 6) is -0.454. The standard InChI is InChI=1S/C11H5Br2ClN2O3S/c12-9-4-6(10(13)20-9)11(17)15-7-3-5(14)1-2-8(7)16(18)19/h1-4H,(H,15,17). The molecule has 1 aromatic heterocycles. The van der Waals surface area contributed by atoms with Gasteiger partial charge in [-0.15, -0.1) is 11.3 Å².